The van der Waals surface area contributed by atoms with E-state index >= 15 is 0 Å². The Balaban J connectivity index is 2.03. The van der Waals surface area contributed by atoms with E-state index in [1.54, 1.807) is 11.0 Å². The van der Waals surface area contributed by atoms with Crippen LogP contribution >= 0.6 is 0 Å². The number of rotatable bonds is 4. The van der Waals surface area contributed by atoms with Gasteiger partial charge in [-0.2, -0.15) is 0 Å². The van der Waals surface area contributed by atoms with Crippen LogP contribution in [0.3, 0.4) is 0 Å². The molecular weight excluding hydrogens is 266 g/mol. The van der Waals surface area contributed by atoms with Crippen molar-refractivity contribution in [3.63, 3.8) is 0 Å². The van der Waals surface area contributed by atoms with E-state index in [-0.39, 0.29) is 24.9 Å². The van der Waals surface area contributed by atoms with Crippen molar-refractivity contribution in [2.45, 2.75) is 12.5 Å². The highest BCUT2D eigenvalue weighted by atomic mass is 16.4. The van der Waals surface area contributed by atoms with Crippen molar-refractivity contribution in [2.24, 2.45) is 0 Å². The average Bonchev–Trinajstić information content (AvgIpc) is 2.79. The fourth-order valence-corrected chi connectivity index (χ4v) is 2.81. The number of carboxylic acid groups (broad SMARTS) is 1. The maximum absolute atomic E-state index is 12.5. The van der Waals surface area contributed by atoms with Gasteiger partial charge in [-0.25, -0.2) is 0 Å². The molecule has 1 N–H and O–H groups in total. The van der Waals surface area contributed by atoms with Crippen LogP contribution in [0.15, 0.2) is 54.6 Å². The molecule has 106 valence electrons. The second-order valence-electron chi connectivity index (χ2n) is 5.04. The molecular formula is C17H15NO3. The summed E-state index contributed by atoms with van der Waals surface area (Å²) in [6, 6.07) is 17.0. The van der Waals surface area contributed by atoms with Crippen LogP contribution in [0.25, 0.3) is 0 Å². The first-order chi connectivity index (χ1) is 10.2. The molecule has 0 radical (unpaired) electrons. The van der Waals surface area contributed by atoms with Gasteiger partial charge in [-0.15, -0.1) is 0 Å². The predicted octanol–water partition coefficient (Wildman–Crippen LogP) is 2.71. The van der Waals surface area contributed by atoms with Gasteiger partial charge in [0.15, 0.2) is 0 Å². The minimum Gasteiger partial charge on any atom is -0.481 e. The standard InChI is InChI=1S/C17H15NO3/c19-15(20)10-11-18-16(12-6-2-1-3-7-12)13-8-4-5-9-14(13)17(18)21/h1-9,16H,10-11H2,(H,19,20). The molecule has 0 spiro atoms. The van der Waals surface area contributed by atoms with Crippen LogP contribution in [0.1, 0.15) is 33.9 Å². The van der Waals surface area contributed by atoms with Gasteiger partial charge < -0.3 is 10.0 Å². The van der Waals surface area contributed by atoms with Crippen LogP contribution in [0, 0.1) is 0 Å². The number of benzene rings is 2. The van der Waals surface area contributed by atoms with Crippen LogP contribution in [-0.2, 0) is 4.79 Å². The molecule has 1 heterocycles. The Morgan fingerprint density at radius 1 is 1.05 bits per heavy atom. The van der Waals surface area contributed by atoms with Crippen LogP contribution in [0.4, 0.5) is 0 Å². The zero-order valence-corrected chi connectivity index (χ0v) is 11.4. The lowest BCUT2D eigenvalue weighted by molar-refractivity contribution is -0.137. The third-order valence-corrected chi connectivity index (χ3v) is 3.74. The fourth-order valence-electron chi connectivity index (χ4n) is 2.81. The maximum Gasteiger partial charge on any atom is 0.305 e. The van der Waals surface area contributed by atoms with Gasteiger partial charge in [0, 0.05) is 12.1 Å². The molecule has 21 heavy (non-hydrogen) atoms. The van der Waals surface area contributed by atoms with Gasteiger partial charge in [0.25, 0.3) is 5.91 Å². The molecule has 2 aromatic rings. The van der Waals surface area contributed by atoms with Crippen molar-refractivity contribution in [3.8, 4) is 0 Å². The first-order valence-electron chi connectivity index (χ1n) is 6.85. The smallest absolute Gasteiger partial charge is 0.305 e. The van der Waals surface area contributed by atoms with Gasteiger partial charge in [0.1, 0.15) is 0 Å². The van der Waals surface area contributed by atoms with Crippen molar-refractivity contribution in [1.82, 2.24) is 4.90 Å². The molecule has 0 fully saturated rings. The third-order valence-electron chi connectivity index (χ3n) is 3.74. The largest absolute Gasteiger partial charge is 0.481 e. The minimum atomic E-state index is -0.898. The summed E-state index contributed by atoms with van der Waals surface area (Å²) in [6.45, 7) is 0.211. The van der Waals surface area contributed by atoms with Gasteiger partial charge in [-0.05, 0) is 17.2 Å². The number of carbonyl (C=O) groups excluding carboxylic acids is 1. The number of amides is 1. The molecule has 4 heteroatoms. The quantitative estimate of drug-likeness (QED) is 0.937. The zero-order chi connectivity index (χ0) is 14.8. The molecule has 0 aliphatic carbocycles. The lowest BCUT2D eigenvalue weighted by Crippen LogP contribution is -2.31. The summed E-state index contributed by atoms with van der Waals surface area (Å²) in [7, 11) is 0. The van der Waals surface area contributed by atoms with Crippen molar-refractivity contribution in [1.29, 1.82) is 0 Å². The summed E-state index contributed by atoms with van der Waals surface area (Å²) in [5.74, 6) is -0.994. The van der Waals surface area contributed by atoms with Gasteiger partial charge in [0.2, 0.25) is 0 Å². The number of fused-ring (bicyclic) bond motifs is 1. The van der Waals surface area contributed by atoms with Gasteiger partial charge >= 0.3 is 5.97 Å². The first-order valence-corrected chi connectivity index (χ1v) is 6.85. The first kappa shape index (κ1) is 13.4. The summed E-state index contributed by atoms with van der Waals surface area (Å²) in [6.07, 6.45) is -0.0525. The molecule has 1 amide bonds. The molecule has 1 aliphatic rings. The highest BCUT2D eigenvalue weighted by molar-refractivity contribution is 5.99. The third kappa shape index (κ3) is 2.40. The molecule has 4 nitrogen and oxygen atoms in total. The number of carbonyl (C=O) groups is 2. The lowest BCUT2D eigenvalue weighted by atomic mass is 9.98. The van der Waals surface area contributed by atoms with Crippen LogP contribution in [0.5, 0.6) is 0 Å². The molecule has 0 aromatic heterocycles. The number of hydrogen-bond donors (Lipinski definition) is 1. The maximum atomic E-state index is 12.5. The molecule has 1 atom stereocenters. The number of nitrogens with zero attached hydrogens (tertiary/aromatic N) is 1. The number of hydrogen-bond acceptors (Lipinski definition) is 2. The van der Waals surface area contributed by atoms with E-state index in [9.17, 15) is 9.59 Å². The van der Waals surface area contributed by atoms with Crippen molar-refractivity contribution in [2.75, 3.05) is 6.54 Å². The van der Waals surface area contributed by atoms with Gasteiger partial charge in [0.05, 0.1) is 12.5 Å². The summed E-state index contributed by atoms with van der Waals surface area (Å²) >= 11 is 0. The Kier molecular flexibility index (Phi) is 3.44. The van der Waals surface area contributed by atoms with E-state index in [0.29, 0.717) is 5.56 Å². The average molecular weight is 281 g/mol. The summed E-state index contributed by atoms with van der Waals surface area (Å²) in [5.41, 5.74) is 2.61. The van der Waals surface area contributed by atoms with E-state index in [1.807, 2.05) is 48.5 Å². The van der Waals surface area contributed by atoms with Gasteiger partial charge in [-0.1, -0.05) is 48.5 Å². The van der Waals surface area contributed by atoms with E-state index in [1.165, 1.54) is 0 Å². The van der Waals surface area contributed by atoms with Crippen molar-refractivity contribution < 1.29 is 14.7 Å². The molecule has 2 aromatic carbocycles. The summed E-state index contributed by atoms with van der Waals surface area (Å²) in [4.78, 5) is 25.0. The zero-order valence-electron chi connectivity index (χ0n) is 11.4. The highest BCUT2D eigenvalue weighted by Gasteiger charge is 2.37. The monoisotopic (exact) mass is 281 g/mol. The SMILES string of the molecule is O=C(O)CCN1C(=O)c2ccccc2C1c1ccccc1. The number of aliphatic carboxylic acids is 1. The Labute approximate surface area is 122 Å². The van der Waals surface area contributed by atoms with Crippen molar-refractivity contribution in [3.05, 3.63) is 71.3 Å². The Hall–Kier alpha value is -2.62. The second-order valence-corrected chi connectivity index (χ2v) is 5.04. The lowest BCUT2D eigenvalue weighted by Gasteiger charge is -2.25. The predicted molar refractivity (Wildman–Crippen MR) is 78.0 cm³/mol. The fraction of sp³-hybridized carbons (Fsp3) is 0.176. The minimum absolute atomic E-state index is 0.0525. The molecule has 3 rings (SSSR count). The molecule has 0 saturated carbocycles. The highest BCUT2D eigenvalue weighted by Crippen LogP contribution is 2.38. The molecule has 0 saturated heterocycles. The van der Waals surface area contributed by atoms with Crippen LogP contribution < -0.4 is 0 Å². The summed E-state index contributed by atoms with van der Waals surface area (Å²) in [5, 5.41) is 8.90. The van der Waals surface area contributed by atoms with E-state index in [0.717, 1.165) is 11.1 Å². The van der Waals surface area contributed by atoms with E-state index < -0.39 is 5.97 Å². The Morgan fingerprint density at radius 3 is 2.43 bits per heavy atom. The van der Waals surface area contributed by atoms with Crippen molar-refractivity contribution >= 4 is 11.9 Å². The molecule has 1 unspecified atom stereocenters. The van der Waals surface area contributed by atoms with Crippen LogP contribution in [-0.4, -0.2) is 28.4 Å². The normalized spacial score (nSPS) is 16.9. The van der Waals surface area contributed by atoms with E-state index in [4.69, 9.17) is 5.11 Å². The molecule has 0 bridgehead atoms. The Morgan fingerprint density at radius 2 is 1.71 bits per heavy atom. The van der Waals surface area contributed by atoms with Gasteiger partial charge in [-0.3, -0.25) is 9.59 Å². The Bertz CT molecular complexity index is 681. The van der Waals surface area contributed by atoms with E-state index in [2.05, 4.69) is 0 Å². The summed E-state index contributed by atoms with van der Waals surface area (Å²) < 4.78 is 0. The molecule has 1 aliphatic heterocycles. The number of carboxylic acids is 1. The van der Waals surface area contributed by atoms with Crippen LogP contribution in [0.2, 0.25) is 0 Å². The topological polar surface area (TPSA) is 57.6 Å². The second kappa shape index (κ2) is 5.40.